The number of pyridine rings is 1. The van der Waals surface area contributed by atoms with Crippen LogP contribution in [0.25, 0.3) is 0 Å². The van der Waals surface area contributed by atoms with Crippen molar-refractivity contribution < 1.29 is 14.7 Å². The van der Waals surface area contributed by atoms with E-state index in [4.69, 9.17) is 5.11 Å². The molecule has 0 spiro atoms. The molecule has 0 radical (unpaired) electrons. The van der Waals surface area contributed by atoms with Crippen LogP contribution in [0, 0.1) is 5.92 Å². The number of carbonyl (C=O) groups excluding carboxylic acids is 1. The van der Waals surface area contributed by atoms with E-state index >= 15 is 0 Å². The summed E-state index contributed by atoms with van der Waals surface area (Å²) in [6.07, 6.45) is 2.40. The van der Waals surface area contributed by atoms with Gasteiger partial charge in [0.25, 0.3) is 0 Å². The Labute approximate surface area is 106 Å². The van der Waals surface area contributed by atoms with Crippen LogP contribution in [0.2, 0.25) is 0 Å². The first kappa shape index (κ1) is 14.2. The number of nitrogens with one attached hydrogen (secondary N) is 1. The standard InChI is InChI=1S/C13H18N2O3/c1-3-9(2)12(13(17)18)15-11(16)8-10-6-4-5-7-14-10/h4-7,9,12H,3,8H2,1-2H3,(H,15,16)(H,17,18)/t9-,12-/m0/s1. The summed E-state index contributed by atoms with van der Waals surface area (Å²) in [5, 5.41) is 11.6. The first-order valence-electron chi connectivity index (χ1n) is 5.96. The topological polar surface area (TPSA) is 79.3 Å². The van der Waals surface area contributed by atoms with E-state index in [-0.39, 0.29) is 18.2 Å². The predicted molar refractivity (Wildman–Crippen MR) is 67.0 cm³/mol. The van der Waals surface area contributed by atoms with Crippen LogP contribution < -0.4 is 5.32 Å². The van der Waals surface area contributed by atoms with Crippen LogP contribution in [0.1, 0.15) is 26.0 Å². The third-order valence-electron chi connectivity index (χ3n) is 2.86. The normalized spacial score (nSPS) is 13.7. The lowest BCUT2D eigenvalue weighted by Crippen LogP contribution is -2.45. The Bertz CT molecular complexity index is 406. The van der Waals surface area contributed by atoms with Crippen LogP contribution in [0.5, 0.6) is 0 Å². The van der Waals surface area contributed by atoms with Gasteiger partial charge in [-0.15, -0.1) is 0 Å². The number of carboxylic acids is 1. The molecule has 1 amide bonds. The lowest BCUT2D eigenvalue weighted by Gasteiger charge is -2.19. The van der Waals surface area contributed by atoms with Gasteiger partial charge in [-0.05, 0) is 18.1 Å². The van der Waals surface area contributed by atoms with E-state index in [1.165, 1.54) is 0 Å². The molecule has 0 saturated heterocycles. The second-order valence-electron chi connectivity index (χ2n) is 4.27. The Hall–Kier alpha value is -1.91. The Kier molecular flexibility index (Phi) is 5.30. The second-order valence-corrected chi connectivity index (χ2v) is 4.27. The predicted octanol–water partition coefficient (Wildman–Crippen LogP) is 1.24. The lowest BCUT2D eigenvalue weighted by atomic mass is 9.99. The summed E-state index contributed by atoms with van der Waals surface area (Å²) >= 11 is 0. The number of aromatic nitrogens is 1. The van der Waals surface area contributed by atoms with Gasteiger partial charge in [-0.3, -0.25) is 9.78 Å². The molecule has 5 heteroatoms. The van der Waals surface area contributed by atoms with E-state index in [0.717, 1.165) is 0 Å². The fourth-order valence-corrected chi connectivity index (χ4v) is 1.57. The highest BCUT2D eigenvalue weighted by Crippen LogP contribution is 2.08. The van der Waals surface area contributed by atoms with Gasteiger partial charge in [0.15, 0.2) is 0 Å². The molecule has 0 aliphatic heterocycles. The molecular formula is C13H18N2O3. The molecule has 0 saturated carbocycles. The number of aliphatic carboxylic acids is 1. The van der Waals surface area contributed by atoms with E-state index in [1.807, 2.05) is 6.92 Å². The van der Waals surface area contributed by atoms with Crippen molar-refractivity contribution >= 4 is 11.9 Å². The van der Waals surface area contributed by atoms with Crippen LogP contribution in [0.15, 0.2) is 24.4 Å². The summed E-state index contributed by atoms with van der Waals surface area (Å²) in [5.41, 5.74) is 0.628. The maximum absolute atomic E-state index is 11.7. The minimum Gasteiger partial charge on any atom is -0.480 e. The van der Waals surface area contributed by atoms with E-state index in [1.54, 1.807) is 31.3 Å². The van der Waals surface area contributed by atoms with Crippen molar-refractivity contribution in [3.63, 3.8) is 0 Å². The average Bonchev–Trinajstić information content (AvgIpc) is 2.36. The molecule has 0 aliphatic carbocycles. The number of nitrogens with zero attached hydrogens (tertiary/aromatic N) is 1. The second kappa shape index (κ2) is 6.74. The third-order valence-corrected chi connectivity index (χ3v) is 2.86. The minimum absolute atomic E-state index is 0.0983. The Balaban J connectivity index is 2.60. The van der Waals surface area contributed by atoms with Gasteiger partial charge in [0.2, 0.25) is 5.91 Å². The summed E-state index contributed by atoms with van der Waals surface area (Å²) in [6, 6.07) is 4.45. The molecule has 1 aromatic heterocycles. The zero-order chi connectivity index (χ0) is 13.5. The van der Waals surface area contributed by atoms with Gasteiger partial charge in [0.05, 0.1) is 6.42 Å². The van der Waals surface area contributed by atoms with E-state index < -0.39 is 12.0 Å². The highest BCUT2D eigenvalue weighted by molar-refractivity contribution is 5.84. The maximum Gasteiger partial charge on any atom is 0.326 e. The fourth-order valence-electron chi connectivity index (χ4n) is 1.57. The van der Waals surface area contributed by atoms with Crippen molar-refractivity contribution in [3.8, 4) is 0 Å². The van der Waals surface area contributed by atoms with Crippen molar-refractivity contribution in [2.75, 3.05) is 0 Å². The molecule has 1 heterocycles. The smallest absolute Gasteiger partial charge is 0.326 e. The summed E-state index contributed by atoms with van der Waals surface area (Å²) in [6.45, 7) is 3.70. The average molecular weight is 250 g/mol. The van der Waals surface area contributed by atoms with Gasteiger partial charge in [-0.2, -0.15) is 0 Å². The van der Waals surface area contributed by atoms with Crippen LogP contribution in [0.3, 0.4) is 0 Å². The van der Waals surface area contributed by atoms with Gasteiger partial charge in [0.1, 0.15) is 6.04 Å². The monoisotopic (exact) mass is 250 g/mol. The van der Waals surface area contributed by atoms with E-state index in [2.05, 4.69) is 10.3 Å². The molecule has 0 unspecified atom stereocenters. The summed E-state index contributed by atoms with van der Waals surface area (Å²) in [7, 11) is 0. The highest BCUT2D eigenvalue weighted by atomic mass is 16.4. The number of hydrogen-bond donors (Lipinski definition) is 2. The minimum atomic E-state index is -1.00. The molecule has 0 fully saturated rings. The molecule has 18 heavy (non-hydrogen) atoms. The van der Waals surface area contributed by atoms with E-state index in [0.29, 0.717) is 12.1 Å². The SMILES string of the molecule is CC[C@H](C)[C@H](NC(=O)Cc1ccccn1)C(=O)O. The van der Waals surface area contributed by atoms with Crippen molar-refractivity contribution in [3.05, 3.63) is 30.1 Å². The van der Waals surface area contributed by atoms with Gasteiger partial charge in [-0.25, -0.2) is 4.79 Å². The first-order valence-corrected chi connectivity index (χ1v) is 5.96. The number of amides is 1. The number of carboxylic acid groups (broad SMARTS) is 1. The molecule has 5 nitrogen and oxygen atoms in total. The van der Waals surface area contributed by atoms with Crippen molar-refractivity contribution in [1.29, 1.82) is 0 Å². The molecule has 0 aliphatic rings. The third kappa shape index (κ3) is 4.16. The highest BCUT2D eigenvalue weighted by Gasteiger charge is 2.25. The number of rotatable bonds is 6. The largest absolute Gasteiger partial charge is 0.480 e. The molecule has 1 rings (SSSR count). The van der Waals surface area contributed by atoms with E-state index in [9.17, 15) is 9.59 Å². The molecule has 2 N–H and O–H groups in total. The lowest BCUT2D eigenvalue weighted by molar-refractivity contribution is -0.143. The summed E-state index contributed by atoms with van der Waals surface area (Å²) in [5.74, 6) is -1.42. The maximum atomic E-state index is 11.7. The van der Waals surface area contributed by atoms with Crippen LogP contribution in [0.4, 0.5) is 0 Å². The fraction of sp³-hybridized carbons (Fsp3) is 0.462. The van der Waals surface area contributed by atoms with Crippen molar-refractivity contribution in [2.45, 2.75) is 32.7 Å². The van der Waals surface area contributed by atoms with Gasteiger partial charge >= 0.3 is 5.97 Å². The molecule has 0 aromatic carbocycles. The van der Waals surface area contributed by atoms with Gasteiger partial charge in [0, 0.05) is 11.9 Å². The van der Waals surface area contributed by atoms with Crippen LogP contribution in [-0.2, 0) is 16.0 Å². The molecule has 2 atom stereocenters. The molecule has 1 aromatic rings. The van der Waals surface area contributed by atoms with Crippen molar-refractivity contribution in [2.24, 2.45) is 5.92 Å². The molecule has 98 valence electrons. The van der Waals surface area contributed by atoms with Crippen LogP contribution >= 0.6 is 0 Å². The van der Waals surface area contributed by atoms with Gasteiger partial charge < -0.3 is 10.4 Å². The Morgan fingerprint density at radius 1 is 1.44 bits per heavy atom. The zero-order valence-electron chi connectivity index (χ0n) is 10.6. The van der Waals surface area contributed by atoms with Crippen molar-refractivity contribution in [1.82, 2.24) is 10.3 Å². The van der Waals surface area contributed by atoms with Gasteiger partial charge in [-0.1, -0.05) is 26.3 Å². The summed E-state index contributed by atoms with van der Waals surface area (Å²) in [4.78, 5) is 26.8. The van der Waals surface area contributed by atoms with Crippen LogP contribution in [-0.4, -0.2) is 28.0 Å². The number of hydrogen-bond acceptors (Lipinski definition) is 3. The zero-order valence-corrected chi connectivity index (χ0v) is 10.6. The Morgan fingerprint density at radius 2 is 2.17 bits per heavy atom. The molecular weight excluding hydrogens is 232 g/mol. The first-order chi connectivity index (χ1) is 8.54. The number of carbonyl (C=O) groups is 2. The summed E-state index contributed by atoms with van der Waals surface area (Å²) < 4.78 is 0. The Morgan fingerprint density at radius 3 is 2.67 bits per heavy atom. The molecule has 0 bridgehead atoms. The quantitative estimate of drug-likeness (QED) is 0.796.